The van der Waals surface area contributed by atoms with Gasteiger partial charge in [-0.05, 0) is 38.1 Å². The number of halogens is 1. The van der Waals surface area contributed by atoms with Crippen molar-refractivity contribution in [2.24, 2.45) is 0 Å². The van der Waals surface area contributed by atoms with E-state index in [1.54, 1.807) is 13.0 Å². The Morgan fingerprint density at radius 3 is 2.80 bits per heavy atom. The minimum Gasteiger partial charge on any atom is -0.299 e. The first-order valence-corrected chi connectivity index (χ1v) is 5.00. The molecule has 0 aliphatic rings. The highest BCUT2D eigenvalue weighted by Gasteiger charge is 2.02. The van der Waals surface area contributed by atoms with Crippen molar-refractivity contribution in [3.8, 4) is 0 Å². The Hall–Kier alpha value is -1.22. The third kappa shape index (κ3) is 4.70. The van der Waals surface area contributed by atoms with E-state index < -0.39 is 0 Å². The SMILES string of the molecule is CC(=O)CN(C)CCc1cccc(F)c1. The molecule has 1 aromatic carbocycles. The molecule has 0 saturated carbocycles. The molecule has 82 valence electrons. The van der Waals surface area contributed by atoms with E-state index in [1.165, 1.54) is 12.1 Å². The number of ketones is 1. The smallest absolute Gasteiger partial charge is 0.143 e. The molecule has 3 heteroatoms. The summed E-state index contributed by atoms with van der Waals surface area (Å²) < 4.78 is 12.8. The first kappa shape index (κ1) is 11.9. The van der Waals surface area contributed by atoms with E-state index in [-0.39, 0.29) is 11.6 Å². The molecule has 1 aromatic rings. The van der Waals surface area contributed by atoms with Gasteiger partial charge in [0.05, 0.1) is 6.54 Å². The van der Waals surface area contributed by atoms with E-state index in [0.29, 0.717) is 6.54 Å². The van der Waals surface area contributed by atoms with E-state index in [1.807, 2.05) is 18.0 Å². The van der Waals surface area contributed by atoms with Crippen molar-refractivity contribution >= 4 is 5.78 Å². The third-order valence-corrected chi connectivity index (χ3v) is 2.16. The molecule has 0 bridgehead atoms. The fourth-order valence-electron chi connectivity index (χ4n) is 1.47. The van der Waals surface area contributed by atoms with E-state index in [9.17, 15) is 9.18 Å². The quantitative estimate of drug-likeness (QED) is 0.738. The zero-order chi connectivity index (χ0) is 11.3. The fourth-order valence-corrected chi connectivity index (χ4v) is 1.47. The average Bonchev–Trinajstić information content (AvgIpc) is 2.14. The van der Waals surface area contributed by atoms with Crippen molar-refractivity contribution in [2.75, 3.05) is 20.1 Å². The van der Waals surface area contributed by atoms with Crippen LogP contribution in [0.2, 0.25) is 0 Å². The van der Waals surface area contributed by atoms with Crippen LogP contribution < -0.4 is 0 Å². The van der Waals surface area contributed by atoms with Gasteiger partial charge in [-0.15, -0.1) is 0 Å². The van der Waals surface area contributed by atoms with Gasteiger partial charge in [0.25, 0.3) is 0 Å². The molecule has 0 atom stereocenters. The number of hydrogen-bond acceptors (Lipinski definition) is 2. The molecule has 0 unspecified atom stereocenters. The first-order valence-electron chi connectivity index (χ1n) is 5.00. The normalized spacial score (nSPS) is 10.7. The summed E-state index contributed by atoms with van der Waals surface area (Å²) in [5.41, 5.74) is 0.963. The van der Waals surface area contributed by atoms with Crippen LogP contribution in [0.3, 0.4) is 0 Å². The maximum Gasteiger partial charge on any atom is 0.143 e. The van der Waals surface area contributed by atoms with Gasteiger partial charge in [-0.3, -0.25) is 9.69 Å². The Bertz CT molecular complexity index is 338. The molecule has 0 saturated heterocycles. The number of hydrogen-bond donors (Lipinski definition) is 0. The molecule has 15 heavy (non-hydrogen) atoms. The largest absolute Gasteiger partial charge is 0.299 e. The van der Waals surface area contributed by atoms with Crippen LogP contribution in [0.1, 0.15) is 12.5 Å². The summed E-state index contributed by atoms with van der Waals surface area (Å²) in [5.74, 6) is -0.0570. The summed E-state index contributed by atoms with van der Waals surface area (Å²) in [4.78, 5) is 12.8. The Balaban J connectivity index is 2.40. The first-order chi connectivity index (χ1) is 7.08. The molecular weight excluding hydrogens is 193 g/mol. The molecule has 0 amide bonds. The molecule has 0 N–H and O–H groups in total. The van der Waals surface area contributed by atoms with E-state index in [2.05, 4.69) is 0 Å². The van der Waals surface area contributed by atoms with Gasteiger partial charge in [0.2, 0.25) is 0 Å². The van der Waals surface area contributed by atoms with Crippen molar-refractivity contribution in [2.45, 2.75) is 13.3 Å². The van der Waals surface area contributed by atoms with Crippen molar-refractivity contribution in [1.82, 2.24) is 4.90 Å². The van der Waals surface area contributed by atoms with E-state index in [4.69, 9.17) is 0 Å². The van der Waals surface area contributed by atoms with Gasteiger partial charge < -0.3 is 0 Å². The summed E-state index contributed by atoms with van der Waals surface area (Å²) in [6.07, 6.45) is 0.765. The molecule has 0 aliphatic heterocycles. The summed E-state index contributed by atoms with van der Waals surface area (Å²) in [5, 5.41) is 0. The van der Waals surface area contributed by atoms with Gasteiger partial charge in [-0.2, -0.15) is 0 Å². The maximum absolute atomic E-state index is 12.8. The summed E-state index contributed by atoms with van der Waals surface area (Å²) in [6, 6.07) is 6.56. The topological polar surface area (TPSA) is 20.3 Å². The molecule has 1 rings (SSSR count). The lowest BCUT2D eigenvalue weighted by Crippen LogP contribution is -2.26. The van der Waals surface area contributed by atoms with E-state index in [0.717, 1.165) is 18.5 Å². The predicted octanol–water partition coefficient (Wildman–Crippen LogP) is 1.89. The zero-order valence-electron chi connectivity index (χ0n) is 9.16. The molecule has 0 aromatic heterocycles. The van der Waals surface area contributed by atoms with Crippen molar-refractivity contribution in [3.05, 3.63) is 35.6 Å². The molecule has 2 nitrogen and oxygen atoms in total. The second kappa shape index (κ2) is 5.61. The Morgan fingerprint density at radius 2 is 2.20 bits per heavy atom. The second-order valence-electron chi connectivity index (χ2n) is 3.82. The number of Topliss-reactive ketones (excluding diaryl/α,β-unsaturated/α-hetero) is 1. The van der Waals surface area contributed by atoms with Gasteiger partial charge >= 0.3 is 0 Å². The van der Waals surface area contributed by atoms with Gasteiger partial charge in [0, 0.05) is 6.54 Å². The van der Waals surface area contributed by atoms with Crippen LogP contribution in [0.25, 0.3) is 0 Å². The van der Waals surface area contributed by atoms with Gasteiger partial charge in [0.1, 0.15) is 11.6 Å². The highest BCUT2D eigenvalue weighted by Crippen LogP contribution is 2.04. The fraction of sp³-hybridized carbons (Fsp3) is 0.417. The number of likely N-dealkylation sites (N-methyl/N-ethyl adjacent to an activating group) is 1. The van der Waals surface area contributed by atoms with Crippen LogP contribution in [0.4, 0.5) is 4.39 Å². The lowest BCUT2D eigenvalue weighted by molar-refractivity contribution is -0.117. The standard InChI is InChI=1S/C12H16FNO/c1-10(15)9-14(2)7-6-11-4-3-5-12(13)8-11/h3-5,8H,6-7,9H2,1-2H3. The molecule has 0 fully saturated rings. The number of benzene rings is 1. The highest BCUT2D eigenvalue weighted by atomic mass is 19.1. The average molecular weight is 209 g/mol. The zero-order valence-corrected chi connectivity index (χ0v) is 9.16. The molecule has 0 heterocycles. The number of carbonyl (C=O) groups excluding carboxylic acids is 1. The Morgan fingerprint density at radius 1 is 1.47 bits per heavy atom. The van der Waals surface area contributed by atoms with Crippen molar-refractivity contribution in [1.29, 1.82) is 0 Å². The number of carbonyl (C=O) groups is 1. The summed E-state index contributed by atoms with van der Waals surface area (Å²) in [6.45, 7) is 2.79. The molecule has 0 radical (unpaired) electrons. The van der Waals surface area contributed by atoms with Gasteiger partial charge in [0.15, 0.2) is 0 Å². The van der Waals surface area contributed by atoms with Crippen LogP contribution in [-0.2, 0) is 11.2 Å². The second-order valence-corrected chi connectivity index (χ2v) is 3.82. The molecule has 0 spiro atoms. The highest BCUT2D eigenvalue weighted by molar-refractivity contribution is 5.77. The van der Waals surface area contributed by atoms with Gasteiger partial charge in [-0.25, -0.2) is 4.39 Å². The predicted molar refractivity (Wildman–Crippen MR) is 58.3 cm³/mol. The lowest BCUT2D eigenvalue weighted by Gasteiger charge is -2.14. The maximum atomic E-state index is 12.8. The lowest BCUT2D eigenvalue weighted by atomic mass is 10.1. The minimum absolute atomic E-state index is 0.150. The Kier molecular flexibility index (Phi) is 4.43. The molecule has 0 aliphatic carbocycles. The summed E-state index contributed by atoms with van der Waals surface area (Å²) in [7, 11) is 1.89. The van der Waals surface area contributed by atoms with Crippen molar-refractivity contribution in [3.63, 3.8) is 0 Å². The third-order valence-electron chi connectivity index (χ3n) is 2.16. The number of rotatable bonds is 5. The van der Waals surface area contributed by atoms with Crippen LogP contribution in [0.15, 0.2) is 24.3 Å². The Labute approximate surface area is 89.7 Å². The van der Waals surface area contributed by atoms with Crippen LogP contribution in [-0.4, -0.2) is 30.8 Å². The van der Waals surface area contributed by atoms with Gasteiger partial charge in [-0.1, -0.05) is 12.1 Å². The van der Waals surface area contributed by atoms with Crippen molar-refractivity contribution < 1.29 is 9.18 Å². The minimum atomic E-state index is -0.207. The number of nitrogens with zero attached hydrogens (tertiary/aromatic N) is 1. The molecular formula is C12H16FNO. The van der Waals surface area contributed by atoms with Crippen LogP contribution in [0, 0.1) is 5.82 Å². The summed E-state index contributed by atoms with van der Waals surface area (Å²) >= 11 is 0. The van der Waals surface area contributed by atoms with Crippen LogP contribution in [0.5, 0.6) is 0 Å². The monoisotopic (exact) mass is 209 g/mol. The van der Waals surface area contributed by atoms with Crippen LogP contribution >= 0.6 is 0 Å². The van der Waals surface area contributed by atoms with E-state index >= 15 is 0 Å².